The molecule has 0 spiro atoms. The van der Waals surface area contributed by atoms with Crippen LogP contribution in [-0.2, 0) is 0 Å². The summed E-state index contributed by atoms with van der Waals surface area (Å²) >= 11 is 0. The van der Waals surface area contributed by atoms with Crippen LogP contribution in [-0.4, -0.2) is 28.7 Å². The second-order valence-electron chi connectivity index (χ2n) is 3.36. The molecule has 1 heterocycles. The summed E-state index contributed by atoms with van der Waals surface area (Å²) in [6.07, 6.45) is 4.60. The SMILES string of the molecule is O=C(NCCOc1ccccc1)n1ccnc1. The summed E-state index contributed by atoms with van der Waals surface area (Å²) in [6, 6.07) is 9.26. The Kier molecular flexibility index (Phi) is 3.75. The van der Waals surface area contributed by atoms with Gasteiger partial charge in [-0.3, -0.25) is 4.57 Å². The van der Waals surface area contributed by atoms with E-state index in [4.69, 9.17) is 4.74 Å². The van der Waals surface area contributed by atoms with Crippen molar-refractivity contribution >= 4 is 6.03 Å². The number of amides is 1. The number of nitrogens with zero attached hydrogens (tertiary/aromatic N) is 2. The zero-order chi connectivity index (χ0) is 11.9. The molecular formula is C12H13N3O2. The molecule has 0 aliphatic rings. The highest BCUT2D eigenvalue weighted by atomic mass is 16.5. The van der Waals surface area contributed by atoms with Crippen LogP contribution in [0.4, 0.5) is 4.79 Å². The molecular weight excluding hydrogens is 218 g/mol. The molecule has 0 saturated heterocycles. The largest absolute Gasteiger partial charge is 0.492 e. The maximum atomic E-state index is 11.5. The van der Waals surface area contributed by atoms with Crippen molar-refractivity contribution in [1.29, 1.82) is 0 Å². The number of carbonyl (C=O) groups is 1. The molecule has 5 nitrogen and oxygen atoms in total. The molecule has 0 aliphatic carbocycles. The van der Waals surface area contributed by atoms with Gasteiger partial charge in [0, 0.05) is 12.4 Å². The standard InChI is InChI=1S/C12H13N3O2/c16-12(15-8-6-13-10-15)14-7-9-17-11-4-2-1-3-5-11/h1-6,8,10H,7,9H2,(H,14,16). The fourth-order valence-corrected chi connectivity index (χ4v) is 1.31. The molecule has 0 unspecified atom stereocenters. The lowest BCUT2D eigenvalue weighted by Gasteiger charge is -2.07. The van der Waals surface area contributed by atoms with E-state index in [0.29, 0.717) is 13.2 Å². The Morgan fingerprint density at radius 2 is 2.18 bits per heavy atom. The van der Waals surface area contributed by atoms with Crippen LogP contribution in [0.25, 0.3) is 0 Å². The lowest BCUT2D eigenvalue weighted by molar-refractivity contribution is 0.238. The summed E-state index contributed by atoms with van der Waals surface area (Å²) in [5.74, 6) is 0.796. The van der Waals surface area contributed by atoms with Gasteiger partial charge in [-0.1, -0.05) is 18.2 Å². The molecule has 2 aromatic rings. The predicted octanol–water partition coefficient (Wildman–Crippen LogP) is 1.52. The molecule has 1 aromatic carbocycles. The molecule has 5 heteroatoms. The lowest BCUT2D eigenvalue weighted by atomic mass is 10.3. The van der Waals surface area contributed by atoms with Crippen molar-refractivity contribution in [2.45, 2.75) is 0 Å². The number of para-hydroxylation sites is 1. The first-order valence-corrected chi connectivity index (χ1v) is 5.30. The Hall–Kier alpha value is -2.30. The van der Waals surface area contributed by atoms with E-state index in [9.17, 15) is 4.79 Å². The molecule has 0 fully saturated rings. The van der Waals surface area contributed by atoms with Gasteiger partial charge < -0.3 is 10.1 Å². The maximum absolute atomic E-state index is 11.5. The van der Waals surface area contributed by atoms with Crippen molar-refractivity contribution in [2.75, 3.05) is 13.2 Å². The third-order valence-electron chi connectivity index (χ3n) is 2.13. The Bertz CT molecular complexity index is 454. The molecule has 1 aromatic heterocycles. The minimum absolute atomic E-state index is 0.209. The number of rotatable bonds is 4. The average molecular weight is 231 g/mol. The van der Waals surface area contributed by atoms with Crippen molar-refractivity contribution in [3.8, 4) is 5.75 Å². The van der Waals surface area contributed by atoms with Gasteiger partial charge in [0.05, 0.1) is 6.54 Å². The van der Waals surface area contributed by atoms with Gasteiger partial charge in [0.1, 0.15) is 18.7 Å². The number of nitrogens with one attached hydrogen (secondary N) is 1. The van der Waals surface area contributed by atoms with Crippen LogP contribution in [0.2, 0.25) is 0 Å². The molecule has 0 aliphatic heterocycles. The fourth-order valence-electron chi connectivity index (χ4n) is 1.31. The van der Waals surface area contributed by atoms with E-state index in [-0.39, 0.29) is 6.03 Å². The number of hydrogen-bond donors (Lipinski definition) is 1. The zero-order valence-electron chi connectivity index (χ0n) is 9.24. The van der Waals surface area contributed by atoms with Crippen LogP contribution in [0, 0.1) is 0 Å². The average Bonchev–Trinajstić information content (AvgIpc) is 2.89. The molecule has 0 saturated carbocycles. The summed E-state index contributed by atoms with van der Waals surface area (Å²) < 4.78 is 6.81. The van der Waals surface area contributed by atoms with E-state index in [2.05, 4.69) is 10.3 Å². The number of hydrogen-bond acceptors (Lipinski definition) is 3. The summed E-state index contributed by atoms with van der Waals surface area (Å²) in [7, 11) is 0. The van der Waals surface area contributed by atoms with Gasteiger partial charge in [-0.15, -0.1) is 0 Å². The first-order valence-electron chi connectivity index (χ1n) is 5.30. The summed E-state index contributed by atoms with van der Waals surface area (Å²) in [5, 5.41) is 2.71. The quantitative estimate of drug-likeness (QED) is 0.812. The first-order chi connectivity index (χ1) is 8.36. The first kappa shape index (κ1) is 11.2. The molecule has 1 amide bonds. The molecule has 0 radical (unpaired) electrons. The van der Waals surface area contributed by atoms with E-state index < -0.39 is 0 Å². The number of imidazole rings is 1. The third kappa shape index (κ3) is 3.34. The molecule has 0 atom stereocenters. The topological polar surface area (TPSA) is 56.1 Å². The highest BCUT2D eigenvalue weighted by molar-refractivity contribution is 5.76. The van der Waals surface area contributed by atoms with Gasteiger partial charge >= 0.3 is 6.03 Å². The minimum Gasteiger partial charge on any atom is -0.492 e. The molecule has 17 heavy (non-hydrogen) atoms. The summed E-state index contributed by atoms with van der Waals surface area (Å²) in [5.41, 5.74) is 0. The maximum Gasteiger partial charge on any atom is 0.326 e. The number of benzene rings is 1. The van der Waals surface area contributed by atoms with E-state index >= 15 is 0 Å². The molecule has 1 N–H and O–H groups in total. The molecule has 88 valence electrons. The van der Waals surface area contributed by atoms with Gasteiger partial charge in [-0.25, -0.2) is 9.78 Å². The van der Waals surface area contributed by atoms with Crippen LogP contribution in [0.3, 0.4) is 0 Å². The zero-order valence-corrected chi connectivity index (χ0v) is 9.24. The lowest BCUT2D eigenvalue weighted by Crippen LogP contribution is -2.31. The summed E-state index contributed by atoms with van der Waals surface area (Å²) in [4.78, 5) is 15.3. The third-order valence-corrected chi connectivity index (χ3v) is 2.13. The van der Waals surface area contributed by atoms with Crippen LogP contribution in [0.5, 0.6) is 5.75 Å². The molecule has 2 rings (SSSR count). The van der Waals surface area contributed by atoms with Crippen LogP contribution >= 0.6 is 0 Å². The van der Waals surface area contributed by atoms with Gasteiger partial charge in [0.2, 0.25) is 0 Å². The Morgan fingerprint density at radius 3 is 2.88 bits per heavy atom. The Labute approximate surface area is 99.0 Å². The second-order valence-corrected chi connectivity index (χ2v) is 3.36. The van der Waals surface area contributed by atoms with Gasteiger partial charge in [0.15, 0.2) is 0 Å². The van der Waals surface area contributed by atoms with Crippen molar-refractivity contribution in [3.05, 3.63) is 49.1 Å². The van der Waals surface area contributed by atoms with Crippen LogP contribution in [0.1, 0.15) is 0 Å². The number of ether oxygens (including phenoxy) is 1. The van der Waals surface area contributed by atoms with Crippen LogP contribution in [0.15, 0.2) is 49.1 Å². The molecule has 0 bridgehead atoms. The van der Waals surface area contributed by atoms with Crippen molar-refractivity contribution < 1.29 is 9.53 Å². The Balaban J connectivity index is 1.69. The second kappa shape index (κ2) is 5.69. The van der Waals surface area contributed by atoms with Gasteiger partial charge in [-0.2, -0.15) is 0 Å². The van der Waals surface area contributed by atoms with E-state index in [0.717, 1.165) is 5.75 Å². The van der Waals surface area contributed by atoms with E-state index in [1.54, 1.807) is 12.4 Å². The van der Waals surface area contributed by atoms with E-state index in [1.807, 2.05) is 30.3 Å². The van der Waals surface area contributed by atoms with E-state index in [1.165, 1.54) is 10.9 Å². The fraction of sp³-hybridized carbons (Fsp3) is 0.167. The van der Waals surface area contributed by atoms with Crippen molar-refractivity contribution in [2.24, 2.45) is 0 Å². The predicted molar refractivity (Wildman–Crippen MR) is 63.0 cm³/mol. The van der Waals surface area contributed by atoms with Crippen LogP contribution < -0.4 is 10.1 Å². The smallest absolute Gasteiger partial charge is 0.326 e. The monoisotopic (exact) mass is 231 g/mol. The summed E-state index contributed by atoms with van der Waals surface area (Å²) in [6.45, 7) is 0.885. The minimum atomic E-state index is -0.209. The van der Waals surface area contributed by atoms with Gasteiger partial charge in [-0.05, 0) is 12.1 Å². The van der Waals surface area contributed by atoms with Gasteiger partial charge in [0.25, 0.3) is 0 Å². The Morgan fingerprint density at radius 1 is 1.35 bits per heavy atom. The van der Waals surface area contributed by atoms with Crippen molar-refractivity contribution in [3.63, 3.8) is 0 Å². The number of carbonyl (C=O) groups excluding carboxylic acids is 1. The number of aromatic nitrogens is 2. The van der Waals surface area contributed by atoms with Crippen molar-refractivity contribution in [1.82, 2.24) is 14.9 Å². The highest BCUT2D eigenvalue weighted by Crippen LogP contribution is 2.07. The normalized spacial score (nSPS) is 9.88. The highest BCUT2D eigenvalue weighted by Gasteiger charge is 2.01.